The molecule has 1 aliphatic rings. The molecule has 4 aromatic heterocycles. The topological polar surface area (TPSA) is 63.2 Å². The summed E-state index contributed by atoms with van der Waals surface area (Å²) in [7, 11) is 0. The van der Waals surface area contributed by atoms with E-state index in [0.29, 0.717) is 0 Å². The van der Waals surface area contributed by atoms with Crippen LogP contribution in [0.3, 0.4) is 0 Å². The fraction of sp³-hybridized carbons (Fsp3) is 0. The van der Waals surface area contributed by atoms with Gasteiger partial charge in [-0.05, 0) is 110 Å². The molecule has 0 aliphatic carbocycles. The van der Waals surface area contributed by atoms with Gasteiger partial charge in [0.1, 0.15) is 0 Å². The molecular weight excluding hydrogens is 904 g/mol. The summed E-state index contributed by atoms with van der Waals surface area (Å²) in [6.07, 6.45) is 0. The quantitative estimate of drug-likeness (QED) is 0.136. The van der Waals surface area contributed by atoms with Crippen molar-refractivity contribution in [1.82, 2.24) is 19.9 Å². The third-order valence-electron chi connectivity index (χ3n) is 9.46. The molecule has 8 aromatic rings. The molecule has 4 aromatic carbocycles. The van der Waals surface area contributed by atoms with Gasteiger partial charge in [0.2, 0.25) is 0 Å². The van der Waals surface area contributed by atoms with Crippen LogP contribution in [0.25, 0.3) is 22.3 Å². The van der Waals surface area contributed by atoms with Crippen LogP contribution in [0.5, 0.6) is 0 Å². The van der Waals surface area contributed by atoms with Crippen LogP contribution < -0.4 is 21.4 Å². The number of fused-ring (bicyclic) bond motifs is 8. The lowest BCUT2D eigenvalue weighted by atomic mass is 10.0. The maximum Gasteiger partial charge on any atom is 0.0642 e. The molecule has 0 saturated heterocycles. The minimum absolute atomic E-state index is 0.936. The Morgan fingerprint density at radius 3 is 0.673 bits per heavy atom. The highest BCUT2D eigenvalue weighted by molar-refractivity contribution is 9.13. The summed E-state index contributed by atoms with van der Waals surface area (Å²) in [5.41, 5.74) is 12.3. The second-order valence-corrected chi connectivity index (χ2v) is 15.7. The van der Waals surface area contributed by atoms with Gasteiger partial charge < -0.3 is 19.9 Å². The zero-order valence-corrected chi connectivity index (χ0v) is 33.7. The average molecular weight is 932 g/mol. The van der Waals surface area contributed by atoms with Crippen LogP contribution in [-0.4, -0.2) is 19.9 Å². The van der Waals surface area contributed by atoms with Crippen molar-refractivity contribution >= 4 is 86.0 Å². The van der Waals surface area contributed by atoms with Crippen molar-refractivity contribution in [3.05, 3.63) is 230 Å². The van der Waals surface area contributed by atoms with Crippen molar-refractivity contribution < 1.29 is 0 Å². The number of aromatic nitrogens is 4. The first kappa shape index (κ1) is 33.3. The summed E-state index contributed by atoms with van der Waals surface area (Å²) in [6, 6.07) is 50.8. The molecule has 0 unspecified atom stereocenters. The Morgan fingerprint density at radius 1 is 0.250 bits per heavy atom. The molecule has 0 fully saturated rings. The summed E-state index contributed by atoms with van der Waals surface area (Å²) in [6.45, 7) is 0. The molecule has 0 atom stereocenters. The summed E-state index contributed by atoms with van der Waals surface area (Å²) in [5.74, 6) is 0. The number of benzene rings is 4. The van der Waals surface area contributed by atoms with Crippen molar-refractivity contribution in [2.75, 3.05) is 0 Å². The number of halogens is 4. The predicted molar refractivity (Wildman–Crippen MR) is 225 cm³/mol. The normalized spacial score (nSPS) is 12.8. The minimum Gasteiger partial charge on any atom is -0.354 e. The Labute approximate surface area is 333 Å². The van der Waals surface area contributed by atoms with Crippen molar-refractivity contribution in [3.8, 4) is 0 Å². The fourth-order valence-corrected chi connectivity index (χ4v) is 9.11. The molecule has 52 heavy (non-hydrogen) atoms. The molecule has 9 rings (SSSR count). The number of aromatic amines is 4. The van der Waals surface area contributed by atoms with Gasteiger partial charge >= 0.3 is 0 Å². The van der Waals surface area contributed by atoms with E-state index in [1.54, 1.807) is 0 Å². The summed E-state index contributed by atoms with van der Waals surface area (Å²) < 4.78 is 3.74. The Balaban J connectivity index is 1.52. The molecule has 4 N–H and O–H groups in total. The second kappa shape index (κ2) is 13.7. The Hall–Kier alpha value is -4.60. The van der Waals surface area contributed by atoms with E-state index >= 15 is 0 Å². The molecule has 0 amide bonds. The highest BCUT2D eigenvalue weighted by Crippen LogP contribution is 2.41. The van der Waals surface area contributed by atoms with Crippen LogP contribution in [0.1, 0.15) is 45.0 Å². The summed E-state index contributed by atoms with van der Waals surface area (Å²) in [4.78, 5) is 15.5. The lowest BCUT2D eigenvalue weighted by Gasteiger charge is -2.10. The predicted octanol–water partition coefficient (Wildman–Crippen LogP) is 9.35. The Kier molecular flexibility index (Phi) is 8.79. The molecular formula is C44H28Br4N4. The van der Waals surface area contributed by atoms with E-state index in [1.165, 1.54) is 0 Å². The largest absolute Gasteiger partial charge is 0.354 e. The smallest absolute Gasteiger partial charge is 0.0642 e. The fourth-order valence-electron chi connectivity index (χ4n) is 7.13. The Bertz CT molecular complexity index is 2480. The maximum absolute atomic E-state index is 4.03. The van der Waals surface area contributed by atoms with E-state index in [0.717, 1.165) is 107 Å². The lowest BCUT2D eigenvalue weighted by molar-refractivity contribution is 1.18. The zero-order valence-electron chi connectivity index (χ0n) is 27.4. The van der Waals surface area contributed by atoms with Crippen LogP contribution in [0, 0.1) is 0 Å². The van der Waals surface area contributed by atoms with E-state index in [9.17, 15) is 0 Å². The Morgan fingerprint density at radius 2 is 0.462 bits per heavy atom. The number of H-pyrrole nitrogens is 4. The van der Waals surface area contributed by atoms with E-state index in [-0.39, 0.29) is 0 Å². The van der Waals surface area contributed by atoms with Crippen molar-refractivity contribution in [1.29, 1.82) is 0 Å². The van der Waals surface area contributed by atoms with Crippen LogP contribution >= 0.6 is 63.7 Å². The van der Waals surface area contributed by atoms with Gasteiger partial charge in [0.15, 0.2) is 0 Å². The van der Waals surface area contributed by atoms with Gasteiger partial charge in [0, 0.05) is 43.7 Å². The highest BCUT2D eigenvalue weighted by Gasteiger charge is 2.25. The van der Waals surface area contributed by atoms with Gasteiger partial charge in [-0.1, -0.05) is 121 Å². The number of hydrogen-bond acceptors (Lipinski definition) is 0. The van der Waals surface area contributed by atoms with Crippen LogP contribution in [-0.2, 0) is 0 Å². The van der Waals surface area contributed by atoms with Gasteiger partial charge in [0.25, 0.3) is 0 Å². The number of nitrogens with one attached hydrogen (secondary N) is 4. The molecule has 5 heterocycles. The summed E-state index contributed by atoms with van der Waals surface area (Å²) in [5, 5.41) is 3.91. The molecule has 0 spiro atoms. The summed E-state index contributed by atoms with van der Waals surface area (Å²) >= 11 is 16.1. The first-order valence-corrected chi connectivity index (χ1v) is 19.9. The first-order valence-electron chi connectivity index (χ1n) is 16.7. The molecule has 252 valence electrons. The van der Waals surface area contributed by atoms with Gasteiger partial charge in [0.05, 0.1) is 40.7 Å². The van der Waals surface area contributed by atoms with Crippen LogP contribution in [0.15, 0.2) is 163 Å². The van der Waals surface area contributed by atoms with E-state index in [2.05, 4.69) is 229 Å². The van der Waals surface area contributed by atoms with Crippen LogP contribution in [0.4, 0.5) is 0 Å². The van der Waals surface area contributed by atoms with Crippen molar-refractivity contribution in [3.63, 3.8) is 0 Å². The van der Waals surface area contributed by atoms with E-state index in [4.69, 9.17) is 0 Å². The van der Waals surface area contributed by atoms with E-state index < -0.39 is 0 Å². The SMILES string of the molecule is Brc1c2[nH]c(c1Br)C(c1ccccc1)=c1ccc([nH]1)=C(c1ccccc1)c1[nH]c(c(Br)c1Br)C(c1ccccc1)=c1ccc([nH]1)=C2c1ccccc1. The van der Waals surface area contributed by atoms with Gasteiger partial charge in [-0.2, -0.15) is 0 Å². The molecule has 0 saturated carbocycles. The highest BCUT2D eigenvalue weighted by atomic mass is 79.9. The van der Waals surface area contributed by atoms with Crippen molar-refractivity contribution in [2.45, 2.75) is 0 Å². The molecule has 0 radical (unpaired) electrons. The maximum atomic E-state index is 4.03. The number of rotatable bonds is 4. The second-order valence-electron chi connectivity index (χ2n) is 12.5. The van der Waals surface area contributed by atoms with Crippen molar-refractivity contribution in [2.24, 2.45) is 0 Å². The van der Waals surface area contributed by atoms with Gasteiger partial charge in [-0.25, -0.2) is 0 Å². The standard InChI is InChI=1S/C44H28Br4N4/c45-37-38(46)42-35(27-17-9-3-10-18-27)31-23-24-32(50-31)36(28-19-11-4-12-20-28)44-40(48)39(47)43(52-44)34(26-15-7-2-8-16-26)30-22-21-29(49-30)33(41(37)51-42)25-13-5-1-6-14-25/h1-24,49-52H. The average Bonchev–Trinajstić information content (AvgIpc) is 3.98. The van der Waals surface area contributed by atoms with E-state index in [1.807, 2.05) is 0 Å². The van der Waals surface area contributed by atoms with Crippen LogP contribution in [0.2, 0.25) is 0 Å². The first-order chi connectivity index (χ1) is 25.5. The lowest BCUT2D eigenvalue weighted by Crippen LogP contribution is -2.19. The molecule has 4 nitrogen and oxygen atoms in total. The monoisotopic (exact) mass is 928 g/mol. The molecule has 1 aliphatic heterocycles. The molecule has 8 bridgehead atoms. The third-order valence-corrected chi connectivity index (χ3v) is 13.7. The van der Waals surface area contributed by atoms with Gasteiger partial charge in [-0.15, -0.1) is 0 Å². The third kappa shape index (κ3) is 5.69. The minimum atomic E-state index is 0.936. The molecule has 8 heteroatoms. The number of hydrogen-bond donors (Lipinski definition) is 4. The van der Waals surface area contributed by atoms with Gasteiger partial charge in [-0.3, -0.25) is 0 Å². The zero-order chi connectivity index (χ0) is 35.3.